The van der Waals surface area contributed by atoms with Crippen molar-refractivity contribution >= 4 is 13.6 Å². The third-order valence-electron chi connectivity index (χ3n) is 4.03. The number of rotatable bonds is 6. The van der Waals surface area contributed by atoms with Crippen LogP contribution in [-0.4, -0.2) is 28.9 Å². The molecule has 0 aromatic heterocycles. The van der Waals surface area contributed by atoms with Crippen molar-refractivity contribution in [3.8, 4) is 11.8 Å². The topological polar surface area (TPSA) is 72.8 Å². The second kappa shape index (κ2) is 7.45. The van der Waals surface area contributed by atoms with Crippen molar-refractivity contribution in [2.45, 2.75) is 76.2 Å². The lowest BCUT2D eigenvalue weighted by atomic mass is 10.3. The van der Waals surface area contributed by atoms with E-state index in [1.165, 1.54) is 6.92 Å². The van der Waals surface area contributed by atoms with Gasteiger partial charge in [-0.1, -0.05) is 31.6 Å². The maximum atomic E-state index is 13.1. The van der Waals surface area contributed by atoms with Crippen molar-refractivity contribution in [2.75, 3.05) is 0 Å². The van der Waals surface area contributed by atoms with E-state index >= 15 is 0 Å². The van der Waals surface area contributed by atoms with Crippen molar-refractivity contribution in [1.29, 1.82) is 0 Å². The predicted molar refractivity (Wildman–Crippen MR) is 79.2 cm³/mol. The van der Waals surface area contributed by atoms with Gasteiger partial charge in [0.15, 0.2) is 0 Å². The first kappa shape index (κ1) is 16.5. The van der Waals surface area contributed by atoms with E-state index in [2.05, 4.69) is 11.8 Å². The Morgan fingerprint density at radius 3 is 1.86 bits per heavy atom. The zero-order chi connectivity index (χ0) is 15.3. The van der Waals surface area contributed by atoms with Gasteiger partial charge < -0.3 is 14.2 Å². The van der Waals surface area contributed by atoms with Gasteiger partial charge in [0.2, 0.25) is 5.66 Å². The molecular formula is C15H23O5P. The lowest BCUT2D eigenvalue weighted by Crippen LogP contribution is -2.25. The van der Waals surface area contributed by atoms with Crippen molar-refractivity contribution in [3.63, 3.8) is 0 Å². The highest BCUT2D eigenvalue weighted by atomic mass is 31.2. The van der Waals surface area contributed by atoms with Crippen molar-refractivity contribution in [1.82, 2.24) is 0 Å². The Morgan fingerprint density at radius 2 is 1.52 bits per heavy atom. The van der Waals surface area contributed by atoms with Gasteiger partial charge in [-0.3, -0.25) is 9.36 Å². The van der Waals surface area contributed by atoms with Crippen LogP contribution in [0.4, 0.5) is 0 Å². The molecule has 1 unspecified atom stereocenters. The van der Waals surface area contributed by atoms with E-state index in [-0.39, 0.29) is 12.2 Å². The third-order valence-corrected chi connectivity index (χ3v) is 6.19. The van der Waals surface area contributed by atoms with E-state index in [1.54, 1.807) is 0 Å². The molecule has 0 bridgehead atoms. The molecule has 0 amide bonds. The molecule has 2 aliphatic rings. The highest BCUT2D eigenvalue weighted by Crippen LogP contribution is 2.57. The van der Waals surface area contributed by atoms with E-state index in [9.17, 15) is 14.5 Å². The van der Waals surface area contributed by atoms with E-state index in [0.717, 1.165) is 51.4 Å². The predicted octanol–water partition coefficient (Wildman–Crippen LogP) is 3.57. The van der Waals surface area contributed by atoms with E-state index in [0.29, 0.717) is 0 Å². The molecule has 118 valence electrons. The summed E-state index contributed by atoms with van der Waals surface area (Å²) in [7, 11) is -3.77. The molecule has 0 spiro atoms. The fourth-order valence-corrected chi connectivity index (χ4v) is 5.07. The zero-order valence-corrected chi connectivity index (χ0v) is 13.3. The second-order valence-electron chi connectivity index (χ2n) is 5.70. The molecule has 1 atom stereocenters. The molecule has 0 aromatic carbocycles. The first-order valence-corrected chi connectivity index (χ1v) is 9.28. The molecule has 2 aliphatic carbocycles. The normalized spacial score (nSPS) is 22.0. The number of hydrogen-bond acceptors (Lipinski definition) is 4. The Bertz CT molecular complexity index is 444. The summed E-state index contributed by atoms with van der Waals surface area (Å²) in [4.78, 5) is 11.4. The fraction of sp³-hybridized carbons (Fsp3) is 0.800. The summed E-state index contributed by atoms with van der Waals surface area (Å²) >= 11 is 0. The molecular weight excluding hydrogens is 291 g/mol. The summed E-state index contributed by atoms with van der Waals surface area (Å²) < 4.78 is 24.5. The quantitative estimate of drug-likeness (QED) is 0.599. The maximum absolute atomic E-state index is 13.1. The average molecular weight is 314 g/mol. The molecule has 2 fully saturated rings. The van der Waals surface area contributed by atoms with Gasteiger partial charge in [-0.25, -0.2) is 0 Å². The minimum Gasteiger partial charge on any atom is -0.480 e. The summed E-state index contributed by atoms with van der Waals surface area (Å²) in [6, 6.07) is 0. The third kappa shape index (κ3) is 4.32. The van der Waals surface area contributed by atoms with Crippen molar-refractivity contribution < 1.29 is 23.5 Å². The van der Waals surface area contributed by atoms with Crippen LogP contribution in [0.15, 0.2) is 0 Å². The van der Waals surface area contributed by atoms with Gasteiger partial charge in [0, 0.05) is 0 Å². The van der Waals surface area contributed by atoms with Crippen LogP contribution in [0.3, 0.4) is 0 Å². The van der Waals surface area contributed by atoms with Crippen LogP contribution in [0, 0.1) is 11.8 Å². The molecule has 5 nitrogen and oxygen atoms in total. The van der Waals surface area contributed by atoms with Crippen LogP contribution >= 0.6 is 7.60 Å². The molecule has 1 N–H and O–H groups in total. The molecule has 0 aromatic rings. The molecule has 2 saturated carbocycles. The van der Waals surface area contributed by atoms with Crippen LogP contribution < -0.4 is 0 Å². The lowest BCUT2D eigenvalue weighted by molar-refractivity contribution is -0.135. The Balaban J connectivity index is 2.18. The molecule has 0 heterocycles. The standard InChI is InChI=1S/C15H23O5P/c1-2-7-14(15(16)17)21(18,19-12-8-3-4-9-12)20-13-10-5-6-11-13/h12-14H,3-6,8-11H2,1H3,(H,16,17). The molecule has 6 heteroatoms. The lowest BCUT2D eigenvalue weighted by Gasteiger charge is -2.27. The molecule has 0 radical (unpaired) electrons. The minimum atomic E-state index is -3.77. The van der Waals surface area contributed by atoms with Crippen molar-refractivity contribution in [2.24, 2.45) is 0 Å². The maximum Gasteiger partial charge on any atom is 0.357 e. The van der Waals surface area contributed by atoms with Gasteiger partial charge in [-0.15, -0.1) is 5.92 Å². The monoisotopic (exact) mass is 314 g/mol. The van der Waals surface area contributed by atoms with Gasteiger partial charge >= 0.3 is 13.6 Å². The Labute approximate surface area is 125 Å². The van der Waals surface area contributed by atoms with Gasteiger partial charge in [-0.05, 0) is 32.6 Å². The van der Waals surface area contributed by atoms with E-state index in [1.807, 2.05) is 0 Å². The van der Waals surface area contributed by atoms with Crippen LogP contribution in [0.25, 0.3) is 0 Å². The largest absolute Gasteiger partial charge is 0.480 e. The minimum absolute atomic E-state index is 0.169. The Kier molecular flexibility index (Phi) is 5.87. The van der Waals surface area contributed by atoms with Gasteiger partial charge in [0.05, 0.1) is 12.2 Å². The van der Waals surface area contributed by atoms with Gasteiger partial charge in [0.25, 0.3) is 0 Å². The molecule has 2 rings (SSSR count). The first-order chi connectivity index (χ1) is 10.0. The smallest absolute Gasteiger partial charge is 0.357 e. The van der Waals surface area contributed by atoms with Crippen LogP contribution in [0.5, 0.6) is 0 Å². The second-order valence-corrected chi connectivity index (χ2v) is 7.72. The number of aliphatic carboxylic acids is 1. The SMILES string of the molecule is CC#CC(C(=O)O)P(=O)(OC1CCCC1)OC1CCCC1. The number of carbonyl (C=O) groups is 1. The summed E-state index contributed by atoms with van der Waals surface area (Å²) in [6.07, 6.45) is 6.98. The number of hydrogen-bond donors (Lipinski definition) is 1. The first-order valence-electron chi connectivity index (χ1n) is 7.67. The Hall–Kier alpha value is -0.820. The summed E-state index contributed by atoms with van der Waals surface area (Å²) in [5, 5.41) is 9.35. The molecule has 0 aliphatic heterocycles. The fourth-order valence-electron chi connectivity index (χ4n) is 2.96. The average Bonchev–Trinajstić information content (AvgIpc) is 3.09. The summed E-state index contributed by atoms with van der Waals surface area (Å²) in [5.41, 5.74) is -1.39. The number of carboxylic acids is 1. The van der Waals surface area contributed by atoms with Gasteiger partial charge in [0.1, 0.15) is 0 Å². The van der Waals surface area contributed by atoms with Crippen molar-refractivity contribution in [3.05, 3.63) is 0 Å². The van der Waals surface area contributed by atoms with E-state index < -0.39 is 19.2 Å². The van der Waals surface area contributed by atoms with E-state index in [4.69, 9.17) is 9.05 Å². The van der Waals surface area contributed by atoms with Crippen LogP contribution in [0.1, 0.15) is 58.3 Å². The highest BCUT2D eigenvalue weighted by Gasteiger charge is 2.45. The number of carboxylic acid groups (broad SMARTS) is 1. The Morgan fingerprint density at radius 1 is 1.10 bits per heavy atom. The molecule has 0 saturated heterocycles. The highest BCUT2D eigenvalue weighted by molar-refractivity contribution is 7.56. The van der Waals surface area contributed by atoms with Crippen LogP contribution in [0.2, 0.25) is 0 Å². The zero-order valence-electron chi connectivity index (χ0n) is 12.4. The summed E-state index contributed by atoms with van der Waals surface area (Å²) in [5.74, 6) is 3.82. The van der Waals surface area contributed by atoms with Gasteiger partial charge in [-0.2, -0.15) is 0 Å². The molecule has 21 heavy (non-hydrogen) atoms. The van der Waals surface area contributed by atoms with Crippen LogP contribution in [-0.2, 0) is 18.4 Å². The summed E-state index contributed by atoms with van der Waals surface area (Å²) in [6.45, 7) is 1.53.